The molecule has 0 unspecified atom stereocenters. The number of rotatable bonds is 3. The Bertz CT molecular complexity index is 951. The molecule has 0 aliphatic rings. The largest absolute Gasteiger partial charge is 0.324 e. The summed E-state index contributed by atoms with van der Waals surface area (Å²) in [6.45, 7) is 6.22. The van der Waals surface area contributed by atoms with Gasteiger partial charge >= 0.3 is 0 Å². The van der Waals surface area contributed by atoms with E-state index in [1.165, 1.54) is 22.2 Å². The Morgan fingerprint density at radius 1 is 1.25 bits per heavy atom. The lowest BCUT2D eigenvalue weighted by molar-refractivity contribution is -0.116. The lowest BCUT2D eigenvalue weighted by Crippen LogP contribution is -2.28. The van der Waals surface area contributed by atoms with Gasteiger partial charge in [-0.05, 0) is 28.5 Å². The topological polar surface area (TPSA) is 64.0 Å². The number of benzene rings is 1. The van der Waals surface area contributed by atoms with Crippen LogP contribution in [0, 0.1) is 0 Å². The summed E-state index contributed by atoms with van der Waals surface area (Å²) in [7, 11) is 0. The monoisotopic (exact) mass is 341 g/mol. The Morgan fingerprint density at radius 3 is 2.75 bits per heavy atom. The zero-order valence-corrected chi connectivity index (χ0v) is 14.7. The van der Waals surface area contributed by atoms with Gasteiger partial charge in [0.1, 0.15) is 11.4 Å². The van der Waals surface area contributed by atoms with Gasteiger partial charge in [0, 0.05) is 5.69 Å². The molecule has 0 saturated carbocycles. The zero-order valence-electron chi connectivity index (χ0n) is 13.9. The van der Waals surface area contributed by atoms with E-state index in [1.807, 2.05) is 29.6 Å². The molecule has 124 valence electrons. The first-order valence-corrected chi connectivity index (χ1v) is 8.56. The van der Waals surface area contributed by atoms with E-state index in [0.717, 1.165) is 11.3 Å². The van der Waals surface area contributed by atoms with Gasteiger partial charge in [0.15, 0.2) is 0 Å². The van der Waals surface area contributed by atoms with Crippen molar-refractivity contribution in [3.8, 4) is 0 Å². The Balaban J connectivity index is 1.83. The van der Waals surface area contributed by atoms with Gasteiger partial charge in [-0.1, -0.05) is 39.0 Å². The summed E-state index contributed by atoms with van der Waals surface area (Å²) in [6, 6.07) is 9.45. The predicted octanol–water partition coefficient (Wildman–Crippen LogP) is 3.39. The maximum Gasteiger partial charge on any atom is 0.262 e. The van der Waals surface area contributed by atoms with Gasteiger partial charge in [0.25, 0.3) is 5.56 Å². The Hall–Kier alpha value is -2.47. The van der Waals surface area contributed by atoms with E-state index in [0.29, 0.717) is 10.2 Å². The minimum atomic E-state index is -0.245. The van der Waals surface area contributed by atoms with Crippen LogP contribution in [-0.4, -0.2) is 15.5 Å². The average molecular weight is 341 g/mol. The highest BCUT2D eigenvalue weighted by Crippen LogP contribution is 2.29. The van der Waals surface area contributed by atoms with Crippen molar-refractivity contribution in [3.05, 3.63) is 58.0 Å². The van der Waals surface area contributed by atoms with Crippen molar-refractivity contribution in [3.63, 3.8) is 0 Å². The van der Waals surface area contributed by atoms with Gasteiger partial charge in [0.05, 0.1) is 11.7 Å². The van der Waals surface area contributed by atoms with Crippen molar-refractivity contribution in [1.82, 2.24) is 9.55 Å². The molecule has 3 aromatic rings. The number of hydrogen-bond donors (Lipinski definition) is 1. The third kappa shape index (κ3) is 3.23. The molecule has 2 heterocycles. The summed E-state index contributed by atoms with van der Waals surface area (Å²) in [6.07, 6.45) is 1.43. The van der Waals surface area contributed by atoms with Gasteiger partial charge in [-0.15, -0.1) is 11.3 Å². The predicted molar refractivity (Wildman–Crippen MR) is 97.7 cm³/mol. The van der Waals surface area contributed by atoms with Crippen molar-refractivity contribution in [2.24, 2.45) is 0 Å². The average Bonchev–Trinajstić information content (AvgIpc) is 2.99. The minimum Gasteiger partial charge on any atom is -0.324 e. The number of amides is 1. The molecular formula is C18H19N3O2S. The van der Waals surface area contributed by atoms with Crippen LogP contribution in [0.3, 0.4) is 0 Å². The third-order valence-electron chi connectivity index (χ3n) is 3.77. The lowest BCUT2D eigenvalue weighted by Gasteiger charge is -2.23. The highest BCUT2D eigenvalue weighted by atomic mass is 32.1. The molecule has 3 rings (SSSR count). The number of para-hydroxylation sites is 1. The molecule has 0 aliphatic heterocycles. The van der Waals surface area contributed by atoms with Crippen LogP contribution >= 0.6 is 11.3 Å². The normalized spacial score (nSPS) is 11.6. The van der Waals surface area contributed by atoms with Crippen LogP contribution in [0.5, 0.6) is 0 Å². The molecule has 5 nitrogen and oxygen atoms in total. The van der Waals surface area contributed by atoms with E-state index in [2.05, 4.69) is 31.1 Å². The second-order valence-electron chi connectivity index (χ2n) is 6.66. The Kier molecular flexibility index (Phi) is 4.24. The van der Waals surface area contributed by atoms with Crippen LogP contribution in [0.1, 0.15) is 26.3 Å². The van der Waals surface area contributed by atoms with Gasteiger partial charge in [-0.2, -0.15) is 0 Å². The standard InChI is InChI=1S/C18H19N3O2S/c1-18(2,3)13-6-4-5-7-14(13)20-15(22)10-21-11-19-16-12(17(21)23)8-9-24-16/h4-9,11H,10H2,1-3H3,(H,20,22). The first-order valence-electron chi connectivity index (χ1n) is 7.68. The van der Waals surface area contributed by atoms with Gasteiger partial charge < -0.3 is 5.32 Å². The number of aromatic nitrogens is 2. The zero-order chi connectivity index (χ0) is 17.3. The fourth-order valence-electron chi connectivity index (χ4n) is 2.60. The number of nitrogens with zero attached hydrogens (tertiary/aromatic N) is 2. The van der Waals surface area contributed by atoms with Crippen molar-refractivity contribution in [2.45, 2.75) is 32.7 Å². The molecular weight excluding hydrogens is 322 g/mol. The van der Waals surface area contributed by atoms with Gasteiger partial charge in [-0.3, -0.25) is 14.2 Å². The number of thiophene rings is 1. The molecule has 2 aromatic heterocycles. The van der Waals surface area contributed by atoms with Crippen molar-refractivity contribution >= 4 is 33.1 Å². The molecule has 0 atom stereocenters. The quantitative estimate of drug-likeness (QED) is 0.794. The number of carbonyl (C=O) groups excluding carboxylic acids is 1. The van der Waals surface area contributed by atoms with Crippen LogP contribution in [-0.2, 0) is 16.8 Å². The molecule has 0 bridgehead atoms. The fraction of sp³-hybridized carbons (Fsp3) is 0.278. The van der Waals surface area contributed by atoms with E-state index >= 15 is 0 Å². The summed E-state index contributed by atoms with van der Waals surface area (Å²) in [5.74, 6) is -0.245. The number of carbonyl (C=O) groups is 1. The lowest BCUT2D eigenvalue weighted by atomic mass is 9.86. The highest BCUT2D eigenvalue weighted by molar-refractivity contribution is 7.16. The summed E-state index contributed by atoms with van der Waals surface area (Å²) in [5.41, 5.74) is 1.54. The van der Waals surface area contributed by atoms with E-state index < -0.39 is 0 Å². The SMILES string of the molecule is CC(C)(C)c1ccccc1NC(=O)Cn1cnc2sccc2c1=O. The minimum absolute atomic E-state index is 0.0594. The highest BCUT2D eigenvalue weighted by Gasteiger charge is 2.18. The van der Waals surface area contributed by atoms with Crippen molar-refractivity contribution < 1.29 is 4.79 Å². The summed E-state index contributed by atoms with van der Waals surface area (Å²) in [4.78, 5) is 29.7. The van der Waals surface area contributed by atoms with Crippen molar-refractivity contribution in [1.29, 1.82) is 0 Å². The van der Waals surface area contributed by atoms with E-state index in [4.69, 9.17) is 0 Å². The number of fused-ring (bicyclic) bond motifs is 1. The molecule has 0 aliphatic carbocycles. The maximum atomic E-state index is 12.4. The first kappa shape index (κ1) is 16.4. The fourth-order valence-corrected chi connectivity index (χ4v) is 3.32. The van der Waals surface area contributed by atoms with Gasteiger partial charge in [0.2, 0.25) is 5.91 Å². The van der Waals surface area contributed by atoms with Crippen LogP contribution in [0.2, 0.25) is 0 Å². The van der Waals surface area contributed by atoms with E-state index in [9.17, 15) is 9.59 Å². The van der Waals surface area contributed by atoms with E-state index in [-0.39, 0.29) is 23.4 Å². The number of nitrogens with one attached hydrogen (secondary N) is 1. The molecule has 1 amide bonds. The van der Waals surface area contributed by atoms with E-state index in [1.54, 1.807) is 6.07 Å². The summed E-state index contributed by atoms with van der Waals surface area (Å²) >= 11 is 1.41. The molecule has 0 spiro atoms. The molecule has 0 saturated heterocycles. The second kappa shape index (κ2) is 6.20. The molecule has 0 fully saturated rings. The molecule has 1 aromatic carbocycles. The first-order chi connectivity index (χ1) is 11.4. The van der Waals surface area contributed by atoms with Crippen LogP contribution in [0.4, 0.5) is 5.69 Å². The molecule has 1 N–H and O–H groups in total. The Labute approximate surface area is 144 Å². The number of hydrogen-bond acceptors (Lipinski definition) is 4. The second-order valence-corrected chi connectivity index (χ2v) is 7.56. The van der Waals surface area contributed by atoms with Crippen LogP contribution < -0.4 is 10.9 Å². The summed E-state index contributed by atoms with van der Waals surface area (Å²) < 4.78 is 1.34. The molecule has 24 heavy (non-hydrogen) atoms. The third-order valence-corrected chi connectivity index (χ3v) is 4.59. The van der Waals surface area contributed by atoms with Crippen LogP contribution in [0.25, 0.3) is 10.2 Å². The Morgan fingerprint density at radius 2 is 2.00 bits per heavy atom. The molecule has 6 heteroatoms. The summed E-state index contributed by atoms with van der Waals surface area (Å²) in [5, 5.41) is 5.28. The van der Waals surface area contributed by atoms with Gasteiger partial charge in [-0.25, -0.2) is 4.98 Å². The van der Waals surface area contributed by atoms with Crippen LogP contribution in [0.15, 0.2) is 46.8 Å². The maximum absolute atomic E-state index is 12.4. The van der Waals surface area contributed by atoms with Crippen molar-refractivity contribution in [2.75, 3.05) is 5.32 Å². The smallest absolute Gasteiger partial charge is 0.262 e. The number of anilines is 1. The molecule has 0 radical (unpaired) electrons.